The van der Waals surface area contributed by atoms with E-state index in [1.165, 1.54) is 14.7 Å². The lowest BCUT2D eigenvalue weighted by molar-refractivity contribution is 0.0663. The molecule has 7 aromatic rings. The van der Waals surface area contributed by atoms with E-state index in [9.17, 15) is 13.8 Å². The molecule has 0 unspecified atom stereocenters. The zero-order valence-corrected chi connectivity index (χ0v) is 36.9. The predicted octanol–water partition coefficient (Wildman–Crippen LogP) is 6.87. The summed E-state index contributed by atoms with van der Waals surface area (Å²) in [6.45, 7) is 9.73. The molecule has 330 valence electrons. The summed E-state index contributed by atoms with van der Waals surface area (Å²) in [5.41, 5.74) is 4.69. The van der Waals surface area contributed by atoms with E-state index < -0.39 is 27.1 Å². The van der Waals surface area contributed by atoms with Crippen molar-refractivity contribution in [2.45, 2.75) is 82.2 Å². The molecule has 3 aliphatic heterocycles. The van der Waals surface area contributed by atoms with Gasteiger partial charge in [-0.25, -0.2) is 27.2 Å². The topological polar surface area (TPSA) is 168 Å². The number of H-pyrrole nitrogens is 1. The molecule has 11 rings (SSSR count). The Labute approximate surface area is 367 Å². The van der Waals surface area contributed by atoms with Gasteiger partial charge in [0.1, 0.15) is 22.9 Å². The number of fused-ring (bicyclic) bond motifs is 2. The predicted molar refractivity (Wildman–Crippen MR) is 237 cm³/mol. The van der Waals surface area contributed by atoms with Crippen LogP contribution in [0.4, 0.5) is 4.39 Å². The van der Waals surface area contributed by atoms with Crippen LogP contribution in [0, 0.1) is 25.6 Å². The van der Waals surface area contributed by atoms with Crippen LogP contribution in [0.15, 0.2) is 96.4 Å². The molecular weight excluding hydrogens is 838 g/mol. The quantitative estimate of drug-likeness (QED) is 0.173. The van der Waals surface area contributed by atoms with Gasteiger partial charge in [0.15, 0.2) is 5.82 Å². The number of carbonyl (C=O) groups excluding carboxylic acids is 1. The van der Waals surface area contributed by atoms with Gasteiger partial charge in [-0.15, -0.1) is 0 Å². The third kappa shape index (κ3) is 6.21. The first-order valence-corrected chi connectivity index (χ1v) is 23.7. The fourth-order valence-corrected chi connectivity index (χ4v) is 12.5. The van der Waals surface area contributed by atoms with Crippen LogP contribution in [-0.4, -0.2) is 80.7 Å². The van der Waals surface area contributed by atoms with Gasteiger partial charge in [0.2, 0.25) is 0 Å². The minimum absolute atomic E-state index is 0.0240. The Bertz CT molecular complexity index is 3260. The molecule has 2 fully saturated rings. The van der Waals surface area contributed by atoms with Crippen LogP contribution in [0.25, 0.3) is 28.1 Å². The highest BCUT2D eigenvalue weighted by atomic mass is 32.2. The number of halogens is 1. The second kappa shape index (κ2) is 14.9. The van der Waals surface area contributed by atoms with E-state index in [2.05, 4.69) is 39.6 Å². The number of rotatable bonds is 8. The molecule has 1 N–H and O–H groups in total. The molecule has 1 aliphatic carbocycles. The van der Waals surface area contributed by atoms with Crippen LogP contribution < -0.4 is 11.4 Å². The Kier molecular flexibility index (Phi) is 9.40. The van der Waals surface area contributed by atoms with Crippen LogP contribution in [0.3, 0.4) is 0 Å². The molecule has 17 heteroatoms. The van der Waals surface area contributed by atoms with Gasteiger partial charge in [-0.05, 0) is 130 Å². The molecule has 4 aromatic heterocycles. The van der Waals surface area contributed by atoms with Crippen molar-refractivity contribution in [1.82, 2.24) is 38.5 Å². The number of carbonyl (C=O) groups is 1. The van der Waals surface area contributed by atoms with Crippen molar-refractivity contribution in [3.05, 3.63) is 139 Å². The minimum atomic E-state index is -2.47. The maximum atomic E-state index is 15.5. The lowest BCUT2D eigenvalue weighted by atomic mass is 9.91. The van der Waals surface area contributed by atoms with Gasteiger partial charge in [0, 0.05) is 72.2 Å². The van der Waals surface area contributed by atoms with E-state index >= 15 is 9.18 Å². The highest BCUT2D eigenvalue weighted by molar-refractivity contribution is 7.93. The minimum Gasteiger partial charge on any atom is -0.381 e. The van der Waals surface area contributed by atoms with Crippen molar-refractivity contribution in [2.75, 3.05) is 32.1 Å². The number of hydrogen-bond donors (Lipinski definition) is 1. The molecule has 0 spiro atoms. The number of imidazole rings is 1. The molecule has 0 radical (unpaired) electrons. The zero-order chi connectivity index (χ0) is 44.2. The lowest BCUT2D eigenvalue weighted by Gasteiger charge is -2.34. The van der Waals surface area contributed by atoms with Gasteiger partial charge in [0.05, 0.1) is 32.8 Å². The molecule has 4 aliphatic rings. The number of aryl methyl sites for hydroxylation is 2. The third-order valence-electron chi connectivity index (χ3n) is 14.0. The van der Waals surface area contributed by atoms with Gasteiger partial charge in [-0.3, -0.25) is 23.4 Å². The molecule has 3 aromatic carbocycles. The van der Waals surface area contributed by atoms with Gasteiger partial charge in [0.25, 0.3) is 5.91 Å². The van der Waals surface area contributed by atoms with Crippen LogP contribution in [-0.2, 0) is 26.4 Å². The molecule has 1 saturated heterocycles. The zero-order valence-electron chi connectivity index (χ0n) is 36.0. The third-order valence-corrected chi connectivity index (χ3v) is 16.5. The molecule has 4 atom stereocenters. The first-order valence-electron chi connectivity index (χ1n) is 22.0. The Morgan fingerprint density at radius 2 is 1.69 bits per heavy atom. The smallest absolute Gasteiger partial charge is 0.381 e. The number of hydrogen-bond acceptors (Lipinski definition) is 9. The first kappa shape index (κ1) is 40.4. The maximum absolute atomic E-state index is 15.5. The van der Waals surface area contributed by atoms with Crippen molar-refractivity contribution < 1.29 is 22.7 Å². The second-order valence-electron chi connectivity index (χ2n) is 17.8. The Balaban J connectivity index is 1.04. The van der Waals surface area contributed by atoms with Crippen molar-refractivity contribution >= 4 is 26.5 Å². The highest BCUT2D eigenvalue weighted by Crippen LogP contribution is 2.56. The number of aromatic nitrogens is 7. The second-order valence-corrected chi connectivity index (χ2v) is 20.2. The van der Waals surface area contributed by atoms with E-state index in [0.29, 0.717) is 107 Å². The summed E-state index contributed by atoms with van der Waals surface area (Å²) >= 11 is 0. The number of aromatic amines is 1. The number of amides is 1. The normalized spacial score (nSPS) is 23.4. The highest BCUT2D eigenvalue weighted by Gasteiger charge is 2.59. The summed E-state index contributed by atoms with van der Waals surface area (Å²) in [7, 11) is -2.47. The molecule has 1 amide bonds. The number of ether oxygens (including phenoxy) is 1. The van der Waals surface area contributed by atoms with E-state index in [1.807, 2.05) is 22.5 Å². The van der Waals surface area contributed by atoms with Crippen LogP contribution >= 0.6 is 0 Å². The average molecular weight is 886 g/mol. The van der Waals surface area contributed by atoms with Gasteiger partial charge in [-0.1, -0.05) is 18.1 Å². The van der Waals surface area contributed by atoms with E-state index in [-0.39, 0.29) is 23.3 Å². The Morgan fingerprint density at radius 1 is 0.953 bits per heavy atom. The monoisotopic (exact) mass is 885 g/mol. The van der Waals surface area contributed by atoms with E-state index in [0.717, 1.165) is 30.2 Å². The van der Waals surface area contributed by atoms with Gasteiger partial charge < -0.3 is 14.2 Å². The van der Waals surface area contributed by atoms with Crippen molar-refractivity contribution in [3.63, 3.8) is 0 Å². The number of benzene rings is 3. The summed E-state index contributed by atoms with van der Waals surface area (Å²) in [5, 5.41) is 10.2. The largest absolute Gasteiger partial charge is 0.438 e. The van der Waals surface area contributed by atoms with Gasteiger partial charge >= 0.3 is 11.4 Å². The van der Waals surface area contributed by atoms with Crippen LogP contribution in [0.1, 0.15) is 95.8 Å². The fraction of sp³-hybridized carbons (Fsp3) is 0.383. The fourth-order valence-electron chi connectivity index (χ4n) is 10.5. The van der Waals surface area contributed by atoms with Crippen LogP contribution in [0.2, 0.25) is 0 Å². The summed E-state index contributed by atoms with van der Waals surface area (Å²) in [6.07, 6.45) is 6.98. The number of nitrogens with one attached hydrogen (secondary N) is 1. The Morgan fingerprint density at radius 3 is 2.36 bits per heavy atom. The SMILES string of the molecule is Cc1cc(-n2nc3c(c2-n2ccn(-c4ccc([S@]5(=O)=NCCC5)cc4)c2=O)[C@H](C)N(C(=O)c2cc4cc(C5CCOCC5)ccc4n2[C@@]2(c4noc(=O)[nH]4)C[C@@H]2C)CC3)cc(C)c1F. The summed E-state index contributed by atoms with van der Waals surface area (Å²) < 4.78 is 50.3. The first-order chi connectivity index (χ1) is 30.9. The molecular formula is C47H48FN9O6S. The van der Waals surface area contributed by atoms with Crippen molar-refractivity contribution in [1.29, 1.82) is 0 Å². The average Bonchev–Trinajstić information content (AvgIpc) is 3.96. The molecule has 64 heavy (non-hydrogen) atoms. The molecule has 15 nitrogen and oxygen atoms in total. The molecule has 0 bridgehead atoms. The Hall–Kier alpha value is -6.33. The van der Waals surface area contributed by atoms with E-state index in [4.69, 9.17) is 14.4 Å². The van der Waals surface area contributed by atoms with Gasteiger partial charge in [-0.2, -0.15) is 5.10 Å². The standard InChI is InChI=1S/C47H48FN9O6S/c1-27-22-35(23-28(2)41(27)48)57-42(55-18-17-54(46(55)60)34-7-9-36(10-8-34)64(61)21-5-15-49-64)40-30(4)53(16-12-37(40)51-57)43(58)39-25-33-24-32(31-13-19-62-20-14-31)6-11-38(33)56(39)47(26-29(47)3)44-50-45(59)63-52-44/h6-11,17-18,22-25,29-31H,5,12-16,19-21,26H2,1-4H3,(H,50,52,59)/t29-,30-,47-,64-/m0/s1. The number of nitrogens with zero attached hydrogens (tertiary/aromatic N) is 8. The van der Waals surface area contributed by atoms with E-state index in [1.54, 1.807) is 67.3 Å². The molecule has 7 heterocycles. The maximum Gasteiger partial charge on any atom is 0.438 e. The van der Waals surface area contributed by atoms with Crippen LogP contribution in [0.5, 0.6) is 0 Å². The summed E-state index contributed by atoms with van der Waals surface area (Å²) in [5.74, 6) is 0.472. The summed E-state index contributed by atoms with van der Waals surface area (Å²) in [4.78, 5) is 47.8. The summed E-state index contributed by atoms with van der Waals surface area (Å²) in [6, 6.07) is 18.3. The van der Waals surface area contributed by atoms with Crippen molar-refractivity contribution in [3.8, 4) is 17.2 Å². The molecule has 1 saturated carbocycles. The lowest BCUT2D eigenvalue weighted by Crippen LogP contribution is -2.41. The van der Waals surface area contributed by atoms with Crippen molar-refractivity contribution in [2.24, 2.45) is 10.3 Å².